The van der Waals surface area contributed by atoms with Gasteiger partial charge in [0, 0.05) is 5.69 Å². The van der Waals surface area contributed by atoms with E-state index in [4.69, 9.17) is 10.3 Å². The number of hydrogen-bond donors (Lipinski definition) is 2. The lowest BCUT2D eigenvalue weighted by Gasteiger charge is -2.06. The molecule has 1 amide bonds. The molecule has 3 N–H and O–H groups in total. The molecule has 8 heteroatoms. The Morgan fingerprint density at radius 1 is 1.33 bits per heavy atom. The maximum atomic E-state index is 12.1. The van der Waals surface area contributed by atoms with E-state index < -0.39 is 0 Å². The maximum Gasteiger partial charge on any atom is 0.234 e. The quantitative estimate of drug-likeness (QED) is 0.527. The van der Waals surface area contributed by atoms with Crippen LogP contribution in [0.1, 0.15) is 12.5 Å². The normalized spacial score (nSPS) is 10.7. The Hall–Kier alpha value is -2.74. The number of nitrogens with one attached hydrogen (secondary N) is 1. The number of furan rings is 1. The van der Waals surface area contributed by atoms with Crippen LogP contribution in [-0.4, -0.2) is 26.5 Å². The fourth-order valence-electron chi connectivity index (χ4n) is 2.15. The van der Waals surface area contributed by atoms with Crippen LogP contribution >= 0.6 is 11.8 Å². The second kappa shape index (κ2) is 7.22. The van der Waals surface area contributed by atoms with Gasteiger partial charge < -0.3 is 15.6 Å². The zero-order chi connectivity index (χ0) is 16.9. The third-order valence-electron chi connectivity index (χ3n) is 3.36. The van der Waals surface area contributed by atoms with Crippen molar-refractivity contribution in [2.75, 3.05) is 16.9 Å². The average molecular weight is 343 g/mol. The zero-order valence-corrected chi connectivity index (χ0v) is 13.9. The van der Waals surface area contributed by atoms with Crippen LogP contribution in [0.2, 0.25) is 0 Å². The van der Waals surface area contributed by atoms with E-state index >= 15 is 0 Å². The Kier molecular flexibility index (Phi) is 4.85. The predicted molar refractivity (Wildman–Crippen MR) is 93.0 cm³/mol. The molecule has 0 unspecified atom stereocenters. The van der Waals surface area contributed by atoms with Crippen molar-refractivity contribution in [3.05, 3.63) is 48.2 Å². The summed E-state index contributed by atoms with van der Waals surface area (Å²) in [6, 6.07) is 11.3. The monoisotopic (exact) mass is 343 g/mol. The molecule has 2 heterocycles. The third-order valence-corrected chi connectivity index (χ3v) is 4.30. The molecule has 0 saturated heterocycles. The molecule has 0 saturated carbocycles. The molecule has 0 fully saturated rings. The molecule has 1 aromatic carbocycles. The van der Waals surface area contributed by atoms with Gasteiger partial charge in [0.1, 0.15) is 0 Å². The number of aromatic nitrogens is 3. The SMILES string of the molecule is CCc1cccc(NC(=O)CSc2nnc(-c3ccco3)n2N)c1. The lowest BCUT2D eigenvalue weighted by Crippen LogP contribution is -2.16. The van der Waals surface area contributed by atoms with Gasteiger partial charge in [-0.2, -0.15) is 0 Å². The summed E-state index contributed by atoms with van der Waals surface area (Å²) < 4.78 is 6.56. The van der Waals surface area contributed by atoms with E-state index in [0.29, 0.717) is 16.7 Å². The summed E-state index contributed by atoms with van der Waals surface area (Å²) in [6.45, 7) is 2.07. The first kappa shape index (κ1) is 16.1. The van der Waals surface area contributed by atoms with Gasteiger partial charge in [0.2, 0.25) is 16.9 Å². The number of amides is 1. The summed E-state index contributed by atoms with van der Waals surface area (Å²) in [5, 5.41) is 11.3. The molecular weight excluding hydrogens is 326 g/mol. The van der Waals surface area contributed by atoms with E-state index in [1.165, 1.54) is 28.3 Å². The van der Waals surface area contributed by atoms with Crippen molar-refractivity contribution in [3.63, 3.8) is 0 Å². The van der Waals surface area contributed by atoms with Crippen molar-refractivity contribution >= 4 is 23.4 Å². The second-order valence-corrected chi connectivity index (χ2v) is 5.99. The summed E-state index contributed by atoms with van der Waals surface area (Å²) in [7, 11) is 0. The summed E-state index contributed by atoms with van der Waals surface area (Å²) in [6.07, 6.45) is 2.46. The minimum atomic E-state index is -0.129. The molecule has 3 aromatic rings. The Bertz CT molecular complexity index is 829. The number of hydrogen-bond acceptors (Lipinski definition) is 6. The average Bonchev–Trinajstić information content (AvgIpc) is 3.23. The van der Waals surface area contributed by atoms with Crippen molar-refractivity contribution in [2.45, 2.75) is 18.5 Å². The predicted octanol–water partition coefficient (Wildman–Crippen LogP) is 2.55. The van der Waals surface area contributed by atoms with Gasteiger partial charge in [0.15, 0.2) is 5.76 Å². The summed E-state index contributed by atoms with van der Waals surface area (Å²) in [5.41, 5.74) is 1.95. The molecule has 0 bridgehead atoms. The maximum absolute atomic E-state index is 12.1. The van der Waals surface area contributed by atoms with Crippen molar-refractivity contribution in [1.82, 2.24) is 14.9 Å². The van der Waals surface area contributed by atoms with E-state index in [1.807, 2.05) is 24.3 Å². The van der Waals surface area contributed by atoms with Gasteiger partial charge in [-0.3, -0.25) is 4.79 Å². The number of benzene rings is 1. The molecule has 0 spiro atoms. The molecule has 3 rings (SSSR count). The summed E-state index contributed by atoms with van der Waals surface area (Å²) >= 11 is 1.21. The van der Waals surface area contributed by atoms with Crippen LogP contribution in [0.3, 0.4) is 0 Å². The Balaban J connectivity index is 1.60. The van der Waals surface area contributed by atoms with Crippen LogP contribution < -0.4 is 11.2 Å². The van der Waals surface area contributed by atoms with Gasteiger partial charge in [-0.25, -0.2) is 4.68 Å². The number of nitrogen functional groups attached to an aromatic ring is 1. The molecule has 124 valence electrons. The number of anilines is 1. The van der Waals surface area contributed by atoms with Gasteiger partial charge in [-0.05, 0) is 36.2 Å². The van der Waals surface area contributed by atoms with Crippen molar-refractivity contribution in [1.29, 1.82) is 0 Å². The minimum absolute atomic E-state index is 0.129. The summed E-state index contributed by atoms with van der Waals surface area (Å²) in [4.78, 5) is 12.1. The highest BCUT2D eigenvalue weighted by molar-refractivity contribution is 7.99. The van der Waals surface area contributed by atoms with Gasteiger partial charge >= 0.3 is 0 Å². The lowest BCUT2D eigenvalue weighted by atomic mass is 10.1. The minimum Gasteiger partial charge on any atom is -0.461 e. The van der Waals surface area contributed by atoms with Crippen LogP contribution in [0.5, 0.6) is 0 Å². The highest BCUT2D eigenvalue weighted by Crippen LogP contribution is 2.22. The van der Waals surface area contributed by atoms with E-state index in [9.17, 15) is 4.79 Å². The first-order chi connectivity index (χ1) is 11.7. The number of carbonyl (C=O) groups is 1. The highest BCUT2D eigenvalue weighted by Gasteiger charge is 2.15. The lowest BCUT2D eigenvalue weighted by molar-refractivity contribution is -0.113. The summed E-state index contributed by atoms with van der Waals surface area (Å²) in [5.74, 6) is 6.95. The van der Waals surface area contributed by atoms with Crippen LogP contribution in [0, 0.1) is 0 Å². The first-order valence-corrected chi connectivity index (χ1v) is 8.42. The highest BCUT2D eigenvalue weighted by atomic mass is 32.2. The van der Waals surface area contributed by atoms with Gasteiger partial charge in [0.05, 0.1) is 12.0 Å². The Morgan fingerprint density at radius 3 is 2.96 bits per heavy atom. The number of aryl methyl sites for hydroxylation is 1. The van der Waals surface area contributed by atoms with E-state index in [1.54, 1.807) is 12.1 Å². The van der Waals surface area contributed by atoms with E-state index in [2.05, 4.69) is 22.4 Å². The van der Waals surface area contributed by atoms with Crippen molar-refractivity contribution in [3.8, 4) is 11.6 Å². The Morgan fingerprint density at radius 2 is 2.21 bits per heavy atom. The topological polar surface area (TPSA) is 99.0 Å². The fraction of sp³-hybridized carbons (Fsp3) is 0.188. The third kappa shape index (κ3) is 3.60. The molecule has 7 nitrogen and oxygen atoms in total. The number of rotatable bonds is 6. The number of nitrogens with zero attached hydrogens (tertiary/aromatic N) is 3. The second-order valence-electron chi connectivity index (χ2n) is 5.04. The molecule has 0 radical (unpaired) electrons. The molecular formula is C16H17N5O2S. The Labute approximate surface area is 143 Å². The molecule has 24 heavy (non-hydrogen) atoms. The fourth-order valence-corrected chi connectivity index (χ4v) is 2.80. The van der Waals surface area contributed by atoms with E-state index in [0.717, 1.165) is 12.1 Å². The standard InChI is InChI=1S/C16H17N5O2S/c1-2-11-5-3-6-12(9-11)18-14(22)10-24-16-20-19-15(21(16)17)13-7-4-8-23-13/h3-9H,2,10,17H2,1H3,(H,18,22). The zero-order valence-electron chi connectivity index (χ0n) is 13.1. The van der Waals surface area contributed by atoms with Crippen LogP contribution in [0.25, 0.3) is 11.6 Å². The van der Waals surface area contributed by atoms with Crippen LogP contribution in [0.4, 0.5) is 5.69 Å². The molecule has 0 aliphatic rings. The molecule has 0 aliphatic heterocycles. The first-order valence-electron chi connectivity index (χ1n) is 7.43. The number of carbonyl (C=O) groups excluding carboxylic acids is 1. The molecule has 2 aromatic heterocycles. The van der Waals surface area contributed by atoms with Crippen LogP contribution in [0.15, 0.2) is 52.2 Å². The van der Waals surface area contributed by atoms with Gasteiger partial charge in [-0.15, -0.1) is 10.2 Å². The smallest absolute Gasteiger partial charge is 0.234 e. The van der Waals surface area contributed by atoms with Crippen molar-refractivity contribution < 1.29 is 9.21 Å². The van der Waals surface area contributed by atoms with Gasteiger partial charge in [0.25, 0.3) is 0 Å². The molecule has 0 aliphatic carbocycles. The number of thioether (sulfide) groups is 1. The number of nitrogens with two attached hydrogens (primary N) is 1. The largest absolute Gasteiger partial charge is 0.461 e. The van der Waals surface area contributed by atoms with Crippen molar-refractivity contribution in [2.24, 2.45) is 0 Å². The van der Waals surface area contributed by atoms with Crippen LogP contribution in [-0.2, 0) is 11.2 Å². The molecule has 0 atom stereocenters. The van der Waals surface area contributed by atoms with E-state index in [-0.39, 0.29) is 11.7 Å². The van der Waals surface area contributed by atoms with Gasteiger partial charge in [-0.1, -0.05) is 30.8 Å².